The van der Waals surface area contributed by atoms with E-state index in [-0.39, 0.29) is 5.56 Å². The van der Waals surface area contributed by atoms with E-state index in [1.807, 2.05) is 36.9 Å². The molecule has 1 atom stereocenters. The molecule has 0 aliphatic carbocycles. The van der Waals surface area contributed by atoms with Gasteiger partial charge in [0.1, 0.15) is 11.1 Å². The highest BCUT2D eigenvalue weighted by Gasteiger charge is 2.15. The van der Waals surface area contributed by atoms with E-state index in [2.05, 4.69) is 25.2 Å². The fourth-order valence-electron chi connectivity index (χ4n) is 2.58. The number of nitrogens with one attached hydrogen (secondary N) is 1. The minimum atomic E-state index is -0.636. The zero-order valence-electron chi connectivity index (χ0n) is 15.0. The molecule has 0 radical (unpaired) electrons. The summed E-state index contributed by atoms with van der Waals surface area (Å²) >= 11 is 1.81. The Kier molecular flexibility index (Phi) is 5.47. The zero-order valence-corrected chi connectivity index (χ0v) is 15.9. The summed E-state index contributed by atoms with van der Waals surface area (Å²) in [5.74, 6) is -0.463. The number of rotatable bonds is 5. The number of amides is 1. The predicted molar refractivity (Wildman–Crippen MR) is 107 cm³/mol. The fraction of sp³-hybridized carbons (Fsp3) is 0.238. The molecule has 134 valence electrons. The van der Waals surface area contributed by atoms with Crippen molar-refractivity contribution < 1.29 is 9.21 Å². The number of hydrogen-bond donors (Lipinski definition) is 1. The van der Waals surface area contributed by atoms with Crippen LogP contribution in [0.1, 0.15) is 36.2 Å². The van der Waals surface area contributed by atoms with E-state index in [0.717, 1.165) is 12.0 Å². The standard InChI is InChI=1S/C21H21NO3S/c1-4-14(3)26-16-9-10-18(13(2)11-16)22-20(23)17-12-15-7-5-6-8-19(15)25-21(17)24/h5-12,14H,4H2,1-3H3,(H,22,23). The van der Waals surface area contributed by atoms with Crippen LogP contribution < -0.4 is 10.9 Å². The van der Waals surface area contributed by atoms with Crippen LogP contribution in [0.25, 0.3) is 11.0 Å². The molecule has 0 spiro atoms. The smallest absolute Gasteiger partial charge is 0.349 e. The third-order valence-electron chi connectivity index (χ3n) is 4.24. The normalized spacial score (nSPS) is 12.1. The van der Waals surface area contributed by atoms with Gasteiger partial charge in [0.15, 0.2) is 0 Å². The molecule has 0 saturated carbocycles. The van der Waals surface area contributed by atoms with Gasteiger partial charge in [0.05, 0.1) is 0 Å². The number of aryl methyl sites for hydroxylation is 1. The first-order valence-corrected chi connectivity index (χ1v) is 9.47. The van der Waals surface area contributed by atoms with Crippen molar-refractivity contribution in [2.75, 3.05) is 5.32 Å². The van der Waals surface area contributed by atoms with Crippen molar-refractivity contribution in [2.45, 2.75) is 37.3 Å². The van der Waals surface area contributed by atoms with E-state index in [1.165, 1.54) is 4.90 Å². The number of anilines is 1. The van der Waals surface area contributed by atoms with Gasteiger partial charge in [-0.05, 0) is 49.2 Å². The van der Waals surface area contributed by atoms with Gasteiger partial charge in [0, 0.05) is 21.2 Å². The predicted octanol–water partition coefficient (Wildman–Crippen LogP) is 5.24. The number of carbonyl (C=O) groups excluding carboxylic acids is 1. The molecule has 5 heteroatoms. The molecule has 1 heterocycles. The van der Waals surface area contributed by atoms with E-state index >= 15 is 0 Å². The van der Waals surface area contributed by atoms with Crippen LogP contribution in [0.5, 0.6) is 0 Å². The Morgan fingerprint density at radius 1 is 1.19 bits per heavy atom. The topological polar surface area (TPSA) is 59.3 Å². The van der Waals surface area contributed by atoms with E-state index in [1.54, 1.807) is 24.3 Å². The molecule has 26 heavy (non-hydrogen) atoms. The Morgan fingerprint density at radius 3 is 2.69 bits per heavy atom. The highest BCUT2D eigenvalue weighted by atomic mass is 32.2. The second-order valence-corrected chi connectivity index (χ2v) is 7.76. The van der Waals surface area contributed by atoms with Crippen LogP contribution in [0.3, 0.4) is 0 Å². The van der Waals surface area contributed by atoms with Gasteiger partial charge in [0.25, 0.3) is 5.91 Å². The van der Waals surface area contributed by atoms with Crippen molar-refractivity contribution in [3.05, 3.63) is 70.1 Å². The van der Waals surface area contributed by atoms with Crippen LogP contribution in [-0.2, 0) is 0 Å². The summed E-state index contributed by atoms with van der Waals surface area (Å²) in [5.41, 5.74) is 1.48. The van der Waals surface area contributed by atoms with Gasteiger partial charge in [-0.15, -0.1) is 11.8 Å². The minimum absolute atomic E-state index is 0.00107. The van der Waals surface area contributed by atoms with Crippen molar-refractivity contribution in [1.29, 1.82) is 0 Å². The first-order chi connectivity index (χ1) is 12.5. The van der Waals surface area contributed by atoms with E-state index < -0.39 is 11.5 Å². The number of carbonyl (C=O) groups is 1. The van der Waals surface area contributed by atoms with E-state index in [9.17, 15) is 9.59 Å². The molecule has 0 saturated heterocycles. The molecule has 3 aromatic rings. The molecular weight excluding hydrogens is 346 g/mol. The Balaban J connectivity index is 1.84. The molecule has 0 fully saturated rings. The van der Waals surface area contributed by atoms with Crippen LogP contribution >= 0.6 is 11.8 Å². The molecule has 0 aliphatic heterocycles. The number of thioether (sulfide) groups is 1. The van der Waals surface area contributed by atoms with E-state index in [4.69, 9.17) is 4.42 Å². The average Bonchev–Trinajstić information content (AvgIpc) is 2.63. The third kappa shape index (κ3) is 3.99. The molecule has 2 aromatic carbocycles. The lowest BCUT2D eigenvalue weighted by Crippen LogP contribution is -2.21. The summed E-state index contributed by atoms with van der Waals surface area (Å²) in [7, 11) is 0. The monoisotopic (exact) mass is 367 g/mol. The Morgan fingerprint density at radius 2 is 1.96 bits per heavy atom. The molecule has 1 unspecified atom stereocenters. The molecular formula is C21H21NO3S. The van der Waals surface area contributed by atoms with Crippen molar-refractivity contribution in [3.63, 3.8) is 0 Å². The third-order valence-corrected chi connectivity index (χ3v) is 5.51. The quantitative estimate of drug-likeness (QED) is 0.494. The number of benzene rings is 2. The van der Waals surface area contributed by atoms with Gasteiger partial charge in [0.2, 0.25) is 0 Å². The molecule has 1 amide bonds. The van der Waals surface area contributed by atoms with Crippen molar-refractivity contribution in [1.82, 2.24) is 0 Å². The van der Waals surface area contributed by atoms with Crippen LogP contribution in [-0.4, -0.2) is 11.2 Å². The van der Waals surface area contributed by atoms with Crippen LogP contribution in [0.15, 0.2) is 62.6 Å². The summed E-state index contributed by atoms with van der Waals surface area (Å²) < 4.78 is 5.24. The minimum Gasteiger partial charge on any atom is -0.422 e. The number of hydrogen-bond acceptors (Lipinski definition) is 4. The number of para-hydroxylation sites is 1. The molecule has 0 bridgehead atoms. The Hall–Kier alpha value is -2.53. The average molecular weight is 367 g/mol. The van der Waals surface area contributed by atoms with Gasteiger partial charge < -0.3 is 9.73 Å². The van der Waals surface area contributed by atoms with Crippen LogP contribution in [0.2, 0.25) is 0 Å². The first-order valence-electron chi connectivity index (χ1n) is 8.59. The summed E-state index contributed by atoms with van der Waals surface area (Å²) in [6.07, 6.45) is 1.10. The van der Waals surface area contributed by atoms with Gasteiger partial charge >= 0.3 is 5.63 Å². The summed E-state index contributed by atoms with van der Waals surface area (Å²) in [4.78, 5) is 25.9. The second kappa shape index (κ2) is 7.79. The maximum absolute atomic E-state index is 12.6. The lowest BCUT2D eigenvalue weighted by Gasteiger charge is -2.12. The largest absolute Gasteiger partial charge is 0.422 e. The summed E-state index contributed by atoms with van der Waals surface area (Å²) in [6, 6.07) is 14.6. The van der Waals surface area contributed by atoms with Crippen LogP contribution in [0.4, 0.5) is 5.69 Å². The van der Waals surface area contributed by atoms with Gasteiger partial charge in [-0.2, -0.15) is 0 Å². The van der Waals surface area contributed by atoms with Crippen molar-refractivity contribution in [2.24, 2.45) is 0 Å². The van der Waals surface area contributed by atoms with Crippen molar-refractivity contribution >= 4 is 34.3 Å². The molecule has 1 aromatic heterocycles. The maximum atomic E-state index is 12.6. The summed E-state index contributed by atoms with van der Waals surface area (Å²) in [6.45, 7) is 6.29. The SMILES string of the molecule is CCC(C)Sc1ccc(NC(=O)c2cc3ccccc3oc2=O)c(C)c1. The second-order valence-electron chi connectivity index (χ2n) is 6.25. The molecule has 3 rings (SSSR count). The molecule has 0 aliphatic rings. The Bertz CT molecular complexity index is 1010. The zero-order chi connectivity index (χ0) is 18.7. The lowest BCUT2D eigenvalue weighted by molar-refractivity contribution is 0.102. The number of fused-ring (bicyclic) bond motifs is 1. The van der Waals surface area contributed by atoms with Gasteiger partial charge in [-0.3, -0.25) is 4.79 Å². The maximum Gasteiger partial charge on any atom is 0.349 e. The van der Waals surface area contributed by atoms with Gasteiger partial charge in [-0.1, -0.05) is 32.0 Å². The Labute approximate surface area is 156 Å². The highest BCUT2D eigenvalue weighted by molar-refractivity contribution is 7.99. The fourth-order valence-corrected chi connectivity index (χ4v) is 3.60. The van der Waals surface area contributed by atoms with Crippen LogP contribution in [0, 0.1) is 6.92 Å². The highest BCUT2D eigenvalue weighted by Crippen LogP contribution is 2.28. The van der Waals surface area contributed by atoms with Gasteiger partial charge in [-0.25, -0.2) is 4.79 Å². The first kappa shape index (κ1) is 18.3. The summed E-state index contributed by atoms with van der Waals surface area (Å²) in [5, 5.41) is 4.07. The molecule has 1 N–H and O–H groups in total. The van der Waals surface area contributed by atoms with Crippen molar-refractivity contribution in [3.8, 4) is 0 Å². The van der Waals surface area contributed by atoms with E-state index in [0.29, 0.717) is 21.9 Å². The lowest BCUT2D eigenvalue weighted by atomic mass is 10.1. The molecule has 4 nitrogen and oxygen atoms in total.